The summed E-state index contributed by atoms with van der Waals surface area (Å²) in [4.78, 5) is 16.3. The van der Waals surface area contributed by atoms with Crippen molar-refractivity contribution in [2.75, 3.05) is 0 Å². The summed E-state index contributed by atoms with van der Waals surface area (Å²) < 4.78 is 0. The van der Waals surface area contributed by atoms with E-state index in [-0.39, 0.29) is 11.9 Å². The molecule has 1 atom stereocenters. The molecule has 2 aromatic rings. The predicted octanol–water partition coefficient (Wildman–Crippen LogP) is 2.68. The molecule has 104 valence electrons. The first-order chi connectivity index (χ1) is 9.61. The smallest absolute Gasteiger partial charge is 0.251 e. The molecule has 0 spiro atoms. The zero-order chi connectivity index (χ0) is 14.5. The van der Waals surface area contributed by atoms with Crippen LogP contribution in [0.25, 0.3) is 0 Å². The number of rotatable bonds is 4. The fraction of sp³-hybridized carbons (Fsp3) is 0.200. The van der Waals surface area contributed by atoms with E-state index in [0.717, 1.165) is 5.56 Å². The Kier molecular flexibility index (Phi) is 4.71. The van der Waals surface area contributed by atoms with Crippen molar-refractivity contribution in [1.82, 2.24) is 10.3 Å². The van der Waals surface area contributed by atoms with Crippen molar-refractivity contribution in [2.45, 2.75) is 19.5 Å². The van der Waals surface area contributed by atoms with Crippen LogP contribution in [0.5, 0.6) is 0 Å². The topological polar surface area (TPSA) is 68.0 Å². The van der Waals surface area contributed by atoms with Crippen LogP contribution in [0, 0.1) is 0 Å². The van der Waals surface area contributed by atoms with Gasteiger partial charge in [0.1, 0.15) is 0 Å². The number of nitrogens with two attached hydrogens (primary N) is 1. The van der Waals surface area contributed by atoms with Gasteiger partial charge in [0.15, 0.2) is 0 Å². The first-order valence-corrected chi connectivity index (χ1v) is 6.70. The van der Waals surface area contributed by atoms with Crippen LogP contribution in [0.15, 0.2) is 42.6 Å². The normalized spacial score (nSPS) is 11.9. The van der Waals surface area contributed by atoms with E-state index in [0.29, 0.717) is 22.8 Å². The molecule has 1 heterocycles. The summed E-state index contributed by atoms with van der Waals surface area (Å²) in [5.41, 5.74) is 7.63. The lowest BCUT2D eigenvalue weighted by molar-refractivity contribution is 0.0939. The Morgan fingerprint density at radius 1 is 1.40 bits per heavy atom. The number of carbonyl (C=O) groups excluding carboxylic acids is 1. The van der Waals surface area contributed by atoms with Crippen molar-refractivity contribution >= 4 is 17.5 Å². The van der Waals surface area contributed by atoms with Crippen LogP contribution < -0.4 is 11.1 Å². The first-order valence-electron chi connectivity index (χ1n) is 6.32. The summed E-state index contributed by atoms with van der Waals surface area (Å²) in [5.74, 6) is -0.172. The van der Waals surface area contributed by atoms with Gasteiger partial charge in [-0.25, -0.2) is 0 Å². The van der Waals surface area contributed by atoms with E-state index in [1.165, 1.54) is 0 Å². The largest absolute Gasteiger partial charge is 0.345 e. The molecule has 0 aliphatic heterocycles. The van der Waals surface area contributed by atoms with Crippen molar-refractivity contribution in [3.63, 3.8) is 0 Å². The molecule has 4 nitrogen and oxygen atoms in total. The number of hydrogen-bond acceptors (Lipinski definition) is 3. The third-order valence-electron chi connectivity index (χ3n) is 3.01. The van der Waals surface area contributed by atoms with E-state index >= 15 is 0 Å². The molecule has 0 aliphatic rings. The highest BCUT2D eigenvalue weighted by molar-refractivity contribution is 6.31. The maximum atomic E-state index is 12.2. The summed E-state index contributed by atoms with van der Waals surface area (Å²) in [6.45, 7) is 2.20. The quantitative estimate of drug-likeness (QED) is 0.909. The number of benzene rings is 1. The Hall–Kier alpha value is -1.91. The Morgan fingerprint density at radius 2 is 2.15 bits per heavy atom. The first kappa shape index (κ1) is 14.5. The van der Waals surface area contributed by atoms with Crippen LogP contribution in [0.3, 0.4) is 0 Å². The third kappa shape index (κ3) is 3.35. The van der Waals surface area contributed by atoms with E-state index in [4.69, 9.17) is 17.3 Å². The maximum absolute atomic E-state index is 12.2. The standard InChI is InChI=1S/C15H16ClN3O/c1-10(13-4-2-3-5-14(13)16)19-15(20)11-6-7-18-12(8-11)9-17/h2-8,10H,9,17H2,1H3,(H,19,20)/t10-/m0/s1. The van der Waals surface area contributed by atoms with E-state index in [9.17, 15) is 4.79 Å². The Labute approximate surface area is 123 Å². The molecule has 1 amide bonds. The third-order valence-corrected chi connectivity index (χ3v) is 3.35. The number of carbonyl (C=O) groups is 1. The SMILES string of the molecule is C[C@H](NC(=O)c1ccnc(CN)c1)c1ccccc1Cl. The van der Waals surface area contributed by atoms with Crippen molar-refractivity contribution in [3.8, 4) is 0 Å². The van der Waals surface area contributed by atoms with Crippen LogP contribution >= 0.6 is 11.6 Å². The summed E-state index contributed by atoms with van der Waals surface area (Å²) >= 11 is 6.12. The predicted molar refractivity (Wildman–Crippen MR) is 79.5 cm³/mol. The van der Waals surface area contributed by atoms with Crippen molar-refractivity contribution < 1.29 is 4.79 Å². The molecule has 1 aromatic carbocycles. The van der Waals surface area contributed by atoms with Crippen molar-refractivity contribution in [1.29, 1.82) is 0 Å². The van der Waals surface area contributed by atoms with Gasteiger partial charge >= 0.3 is 0 Å². The Balaban J connectivity index is 2.13. The minimum absolute atomic E-state index is 0.172. The second-order valence-corrected chi connectivity index (χ2v) is 4.86. The molecular weight excluding hydrogens is 274 g/mol. The molecule has 0 aliphatic carbocycles. The van der Waals surface area contributed by atoms with Gasteiger partial charge in [-0.1, -0.05) is 29.8 Å². The molecule has 5 heteroatoms. The number of amides is 1. The lowest BCUT2D eigenvalue weighted by atomic mass is 10.1. The maximum Gasteiger partial charge on any atom is 0.251 e. The van der Waals surface area contributed by atoms with Crippen LogP contribution in [-0.4, -0.2) is 10.9 Å². The summed E-state index contributed by atoms with van der Waals surface area (Å²) in [5, 5.41) is 3.55. The number of nitrogens with zero attached hydrogens (tertiary/aromatic N) is 1. The van der Waals surface area contributed by atoms with Crippen molar-refractivity contribution in [3.05, 3.63) is 64.4 Å². The zero-order valence-corrected chi connectivity index (χ0v) is 11.9. The second kappa shape index (κ2) is 6.50. The molecule has 20 heavy (non-hydrogen) atoms. The van der Waals surface area contributed by atoms with Crippen LogP contribution in [-0.2, 0) is 6.54 Å². The molecule has 0 saturated carbocycles. The van der Waals surface area contributed by atoms with Gasteiger partial charge in [-0.15, -0.1) is 0 Å². The van der Waals surface area contributed by atoms with Gasteiger partial charge in [0.05, 0.1) is 11.7 Å². The molecular formula is C15H16ClN3O. The highest BCUT2D eigenvalue weighted by atomic mass is 35.5. The van der Waals surface area contributed by atoms with E-state index < -0.39 is 0 Å². The van der Waals surface area contributed by atoms with E-state index in [1.807, 2.05) is 25.1 Å². The lowest BCUT2D eigenvalue weighted by Crippen LogP contribution is -2.27. The molecule has 0 unspecified atom stereocenters. The average molecular weight is 290 g/mol. The highest BCUT2D eigenvalue weighted by Crippen LogP contribution is 2.22. The molecule has 0 radical (unpaired) electrons. The molecule has 0 bridgehead atoms. The molecule has 2 rings (SSSR count). The van der Waals surface area contributed by atoms with Crippen LogP contribution in [0.2, 0.25) is 5.02 Å². The highest BCUT2D eigenvalue weighted by Gasteiger charge is 2.13. The van der Waals surface area contributed by atoms with Crippen molar-refractivity contribution in [2.24, 2.45) is 5.73 Å². The minimum atomic E-state index is -0.175. The molecule has 3 N–H and O–H groups in total. The van der Waals surface area contributed by atoms with Gasteiger partial charge in [-0.2, -0.15) is 0 Å². The second-order valence-electron chi connectivity index (χ2n) is 4.46. The van der Waals surface area contributed by atoms with Gasteiger partial charge < -0.3 is 11.1 Å². The van der Waals surface area contributed by atoms with Gasteiger partial charge in [0, 0.05) is 23.3 Å². The minimum Gasteiger partial charge on any atom is -0.345 e. The number of aromatic nitrogens is 1. The van der Waals surface area contributed by atoms with E-state index in [2.05, 4.69) is 10.3 Å². The number of halogens is 1. The Morgan fingerprint density at radius 3 is 2.85 bits per heavy atom. The number of pyridine rings is 1. The van der Waals surface area contributed by atoms with Gasteiger partial charge in [-0.3, -0.25) is 9.78 Å². The lowest BCUT2D eigenvalue weighted by Gasteiger charge is -2.15. The van der Waals surface area contributed by atoms with Crippen LogP contribution in [0.1, 0.15) is 34.6 Å². The van der Waals surface area contributed by atoms with Gasteiger partial charge in [0.2, 0.25) is 0 Å². The average Bonchev–Trinajstić information content (AvgIpc) is 2.47. The Bertz CT molecular complexity index is 616. The molecule has 1 aromatic heterocycles. The summed E-state index contributed by atoms with van der Waals surface area (Å²) in [7, 11) is 0. The monoisotopic (exact) mass is 289 g/mol. The summed E-state index contributed by atoms with van der Waals surface area (Å²) in [6.07, 6.45) is 1.58. The fourth-order valence-electron chi connectivity index (χ4n) is 1.92. The van der Waals surface area contributed by atoms with Gasteiger partial charge in [0.25, 0.3) is 5.91 Å². The zero-order valence-electron chi connectivity index (χ0n) is 11.1. The molecule has 0 fully saturated rings. The number of nitrogens with one attached hydrogen (secondary N) is 1. The van der Waals surface area contributed by atoms with Gasteiger partial charge in [-0.05, 0) is 30.7 Å². The summed E-state index contributed by atoms with van der Waals surface area (Å²) in [6, 6.07) is 10.6. The molecule has 0 saturated heterocycles. The fourth-order valence-corrected chi connectivity index (χ4v) is 2.21. The number of hydrogen-bond donors (Lipinski definition) is 2. The van der Waals surface area contributed by atoms with E-state index in [1.54, 1.807) is 24.4 Å². The van der Waals surface area contributed by atoms with Crippen LogP contribution in [0.4, 0.5) is 0 Å².